The summed E-state index contributed by atoms with van der Waals surface area (Å²) in [6, 6.07) is 15.4. The largest absolute Gasteiger partial charge is 0.474 e. The van der Waals surface area contributed by atoms with Crippen LogP contribution in [0.15, 0.2) is 67.3 Å². The highest BCUT2D eigenvalue weighted by Gasteiger charge is 2.23. The normalized spacial score (nSPS) is 15.4. The summed E-state index contributed by atoms with van der Waals surface area (Å²) in [5.41, 5.74) is 2.59. The smallest absolute Gasteiger partial charge is 0.226 e. The highest BCUT2D eigenvalue weighted by atomic mass is 19.1. The monoisotopic (exact) mass is 417 g/mol. The zero-order valence-electron chi connectivity index (χ0n) is 17.2. The first kappa shape index (κ1) is 19.6. The number of pyridine rings is 1. The van der Waals surface area contributed by atoms with Crippen LogP contribution in [0, 0.1) is 5.82 Å². The van der Waals surface area contributed by atoms with Gasteiger partial charge in [0, 0.05) is 38.6 Å². The fourth-order valence-corrected chi connectivity index (χ4v) is 4.07. The van der Waals surface area contributed by atoms with Crippen molar-refractivity contribution in [1.29, 1.82) is 0 Å². The van der Waals surface area contributed by atoms with Gasteiger partial charge in [-0.3, -0.25) is 9.88 Å². The van der Waals surface area contributed by atoms with Gasteiger partial charge in [-0.1, -0.05) is 30.3 Å². The fraction of sp³-hybridized carbons (Fsp3) is 0.292. The Hall–Kier alpha value is -3.32. The van der Waals surface area contributed by atoms with E-state index < -0.39 is 0 Å². The molecule has 0 unspecified atom stereocenters. The van der Waals surface area contributed by atoms with Gasteiger partial charge in [-0.2, -0.15) is 0 Å². The average molecular weight is 417 g/mol. The minimum atomic E-state index is -0.246. The SMILES string of the molecule is Fc1cccnc1CN1CCC(Oc2ncnc3c2ccn3Cc2ccccc2)CC1. The van der Waals surface area contributed by atoms with E-state index in [4.69, 9.17) is 4.74 Å². The fourth-order valence-electron chi connectivity index (χ4n) is 4.07. The van der Waals surface area contributed by atoms with Gasteiger partial charge in [0.1, 0.15) is 23.9 Å². The van der Waals surface area contributed by atoms with Gasteiger partial charge in [0.25, 0.3) is 0 Å². The van der Waals surface area contributed by atoms with Crippen LogP contribution in [0.1, 0.15) is 24.1 Å². The summed E-state index contributed by atoms with van der Waals surface area (Å²) >= 11 is 0. The van der Waals surface area contributed by atoms with Gasteiger partial charge < -0.3 is 9.30 Å². The number of rotatable bonds is 6. The molecule has 0 amide bonds. The van der Waals surface area contributed by atoms with Gasteiger partial charge in [0.05, 0.1) is 11.1 Å². The van der Waals surface area contributed by atoms with E-state index in [1.807, 2.05) is 30.5 Å². The van der Waals surface area contributed by atoms with Crippen LogP contribution < -0.4 is 4.74 Å². The number of aromatic nitrogens is 4. The van der Waals surface area contributed by atoms with Gasteiger partial charge in [-0.05, 0) is 36.6 Å². The first-order valence-electron chi connectivity index (χ1n) is 10.6. The molecule has 1 aliphatic rings. The van der Waals surface area contributed by atoms with Crippen LogP contribution in [0.5, 0.6) is 5.88 Å². The van der Waals surface area contributed by atoms with Crippen LogP contribution in [-0.4, -0.2) is 43.6 Å². The maximum absolute atomic E-state index is 13.9. The molecule has 1 saturated heterocycles. The lowest BCUT2D eigenvalue weighted by atomic mass is 10.1. The average Bonchev–Trinajstić information content (AvgIpc) is 3.21. The minimum absolute atomic E-state index is 0.0837. The molecule has 4 aromatic rings. The maximum atomic E-state index is 13.9. The number of likely N-dealkylation sites (tertiary alicyclic amines) is 1. The number of benzene rings is 1. The summed E-state index contributed by atoms with van der Waals surface area (Å²) in [6.45, 7) is 2.95. The molecule has 0 atom stereocenters. The van der Waals surface area contributed by atoms with E-state index in [-0.39, 0.29) is 11.9 Å². The molecular formula is C24H24FN5O. The summed E-state index contributed by atoms with van der Waals surface area (Å²) in [6.07, 6.45) is 7.05. The van der Waals surface area contributed by atoms with Crippen LogP contribution in [0.2, 0.25) is 0 Å². The van der Waals surface area contributed by atoms with Gasteiger partial charge >= 0.3 is 0 Å². The number of fused-ring (bicyclic) bond motifs is 1. The van der Waals surface area contributed by atoms with Crippen molar-refractivity contribution in [2.24, 2.45) is 0 Å². The first-order valence-corrected chi connectivity index (χ1v) is 10.6. The lowest BCUT2D eigenvalue weighted by Gasteiger charge is -2.31. The molecule has 5 rings (SSSR count). The molecule has 7 heteroatoms. The molecule has 1 aliphatic heterocycles. The minimum Gasteiger partial charge on any atom is -0.474 e. The summed E-state index contributed by atoms with van der Waals surface area (Å²) in [5, 5.41) is 0.927. The second-order valence-electron chi connectivity index (χ2n) is 7.87. The molecule has 1 fully saturated rings. The van der Waals surface area contributed by atoms with Crippen molar-refractivity contribution in [3.8, 4) is 5.88 Å². The highest BCUT2D eigenvalue weighted by Crippen LogP contribution is 2.26. The van der Waals surface area contributed by atoms with Gasteiger partial charge in [0.15, 0.2) is 0 Å². The number of hydrogen-bond donors (Lipinski definition) is 0. The van der Waals surface area contributed by atoms with Crippen LogP contribution in [-0.2, 0) is 13.1 Å². The number of nitrogens with zero attached hydrogens (tertiary/aromatic N) is 5. The van der Waals surface area contributed by atoms with Crippen molar-refractivity contribution in [3.05, 3.63) is 84.3 Å². The molecule has 0 radical (unpaired) electrons. The third kappa shape index (κ3) is 4.41. The predicted octanol–water partition coefficient (Wildman–Crippen LogP) is 4.06. The Morgan fingerprint density at radius 2 is 1.77 bits per heavy atom. The van der Waals surface area contributed by atoms with E-state index in [2.05, 4.69) is 36.6 Å². The molecule has 0 aliphatic carbocycles. The number of halogens is 1. The summed E-state index contributed by atoms with van der Waals surface area (Å²) in [4.78, 5) is 15.3. The zero-order valence-corrected chi connectivity index (χ0v) is 17.2. The molecule has 3 aromatic heterocycles. The van der Waals surface area contributed by atoms with Crippen LogP contribution in [0.4, 0.5) is 4.39 Å². The molecule has 0 spiro atoms. The Balaban J connectivity index is 1.24. The van der Waals surface area contributed by atoms with E-state index in [1.54, 1.807) is 18.6 Å². The van der Waals surface area contributed by atoms with Crippen molar-refractivity contribution >= 4 is 11.0 Å². The van der Waals surface area contributed by atoms with Crippen LogP contribution in [0.3, 0.4) is 0 Å². The zero-order chi connectivity index (χ0) is 21.0. The topological polar surface area (TPSA) is 56.1 Å². The van der Waals surface area contributed by atoms with Crippen molar-refractivity contribution < 1.29 is 9.13 Å². The maximum Gasteiger partial charge on any atom is 0.226 e. The third-order valence-electron chi connectivity index (χ3n) is 5.74. The van der Waals surface area contributed by atoms with E-state index in [1.165, 1.54) is 11.6 Å². The van der Waals surface area contributed by atoms with Gasteiger partial charge in [0.2, 0.25) is 5.88 Å². The molecule has 6 nitrogen and oxygen atoms in total. The predicted molar refractivity (Wildman–Crippen MR) is 116 cm³/mol. The molecule has 4 heterocycles. The molecule has 1 aromatic carbocycles. The van der Waals surface area contributed by atoms with E-state index in [0.717, 1.165) is 43.5 Å². The molecule has 0 saturated carbocycles. The molecular weight excluding hydrogens is 393 g/mol. The Kier molecular flexibility index (Phi) is 5.58. The lowest BCUT2D eigenvalue weighted by Crippen LogP contribution is -2.38. The van der Waals surface area contributed by atoms with Crippen LogP contribution in [0.25, 0.3) is 11.0 Å². The van der Waals surface area contributed by atoms with Gasteiger partial charge in [-0.15, -0.1) is 0 Å². The number of hydrogen-bond acceptors (Lipinski definition) is 5. The highest BCUT2D eigenvalue weighted by molar-refractivity contribution is 5.81. The van der Waals surface area contributed by atoms with E-state index in [0.29, 0.717) is 18.1 Å². The van der Waals surface area contributed by atoms with Crippen molar-refractivity contribution in [2.45, 2.75) is 32.0 Å². The second kappa shape index (κ2) is 8.81. The Morgan fingerprint density at radius 1 is 0.935 bits per heavy atom. The summed E-state index contributed by atoms with van der Waals surface area (Å²) < 4.78 is 22.3. The quantitative estimate of drug-likeness (QED) is 0.474. The summed E-state index contributed by atoms with van der Waals surface area (Å²) in [5.74, 6) is 0.385. The van der Waals surface area contributed by atoms with E-state index in [9.17, 15) is 4.39 Å². The molecule has 31 heavy (non-hydrogen) atoms. The van der Waals surface area contributed by atoms with Crippen molar-refractivity contribution in [3.63, 3.8) is 0 Å². The Bertz CT molecular complexity index is 1160. The van der Waals surface area contributed by atoms with Crippen molar-refractivity contribution in [1.82, 2.24) is 24.4 Å². The Morgan fingerprint density at radius 3 is 2.58 bits per heavy atom. The van der Waals surface area contributed by atoms with Crippen LogP contribution >= 0.6 is 0 Å². The molecule has 0 bridgehead atoms. The lowest BCUT2D eigenvalue weighted by molar-refractivity contribution is 0.0931. The van der Waals surface area contributed by atoms with E-state index >= 15 is 0 Å². The molecule has 0 N–H and O–H groups in total. The molecule has 158 valence electrons. The number of piperidine rings is 1. The number of ether oxygens (including phenoxy) is 1. The first-order chi connectivity index (χ1) is 15.3. The van der Waals surface area contributed by atoms with Crippen molar-refractivity contribution in [2.75, 3.05) is 13.1 Å². The Labute approximate surface area is 180 Å². The standard InChI is InChI=1S/C24H24FN5O/c25-21-7-4-11-26-22(21)16-29-12-8-19(9-13-29)31-24-20-10-14-30(23(20)27-17-28-24)15-18-5-2-1-3-6-18/h1-7,10-11,14,17,19H,8-9,12-13,15-16H2. The third-order valence-corrected chi connectivity index (χ3v) is 5.74. The second-order valence-corrected chi connectivity index (χ2v) is 7.87. The summed E-state index contributed by atoms with van der Waals surface area (Å²) in [7, 11) is 0. The van der Waals surface area contributed by atoms with Gasteiger partial charge in [-0.25, -0.2) is 14.4 Å².